The van der Waals surface area contributed by atoms with E-state index in [1.165, 1.54) is 36.4 Å². The predicted octanol–water partition coefficient (Wildman–Crippen LogP) is 2.72. The summed E-state index contributed by atoms with van der Waals surface area (Å²) in [6.45, 7) is 3.90. The highest BCUT2D eigenvalue weighted by Gasteiger charge is 2.17. The number of benzene rings is 3. The summed E-state index contributed by atoms with van der Waals surface area (Å²) in [7, 11) is -7.49. The topological polar surface area (TPSA) is 135 Å². The number of carbonyl (C=O) groups excluding carboxylic acids is 1. The Labute approximate surface area is 193 Å². The van der Waals surface area contributed by atoms with Crippen molar-refractivity contribution in [2.24, 2.45) is 5.14 Å². The van der Waals surface area contributed by atoms with Crippen LogP contribution in [0.25, 0.3) is 0 Å². The number of nitrogens with one attached hydrogen (secondary N) is 2. The van der Waals surface area contributed by atoms with Crippen LogP contribution in [-0.4, -0.2) is 29.3 Å². The number of amides is 1. The standard InChI is InChI=1S/C23H25N3O5S2/c1-16-3-4-17(2)22(15-16)33(30,31)26-20-9-7-19(8-10-20)23(27)25-14-13-18-5-11-21(12-6-18)32(24,28)29/h3-12,15,26H,13-14H2,1-2H3,(H,25,27)(H2,24,28,29). The molecule has 0 unspecified atom stereocenters. The van der Waals surface area contributed by atoms with E-state index in [1.54, 1.807) is 31.2 Å². The summed E-state index contributed by atoms with van der Waals surface area (Å²) in [6, 6.07) is 17.5. The highest BCUT2D eigenvalue weighted by atomic mass is 32.2. The van der Waals surface area contributed by atoms with Crippen molar-refractivity contribution in [3.05, 3.63) is 89.0 Å². The number of sulfonamides is 2. The molecule has 0 aliphatic heterocycles. The number of carbonyl (C=O) groups is 1. The van der Waals surface area contributed by atoms with Crippen LogP contribution in [0.3, 0.4) is 0 Å². The maximum absolute atomic E-state index is 12.7. The summed E-state index contributed by atoms with van der Waals surface area (Å²) in [5.41, 5.74) is 3.06. The third-order valence-corrected chi connectivity index (χ3v) is 7.44. The predicted molar refractivity (Wildman–Crippen MR) is 127 cm³/mol. The van der Waals surface area contributed by atoms with E-state index in [-0.39, 0.29) is 15.7 Å². The van der Waals surface area contributed by atoms with E-state index >= 15 is 0 Å². The summed E-state index contributed by atoms with van der Waals surface area (Å²) in [6.07, 6.45) is 0.504. The zero-order valence-electron chi connectivity index (χ0n) is 18.2. The Morgan fingerprint density at radius 2 is 1.52 bits per heavy atom. The van der Waals surface area contributed by atoms with Gasteiger partial charge < -0.3 is 5.32 Å². The molecule has 0 atom stereocenters. The van der Waals surface area contributed by atoms with Crippen LogP contribution >= 0.6 is 0 Å². The maximum atomic E-state index is 12.7. The second-order valence-electron chi connectivity index (χ2n) is 7.65. The van der Waals surface area contributed by atoms with Gasteiger partial charge in [0.25, 0.3) is 15.9 Å². The van der Waals surface area contributed by atoms with E-state index in [0.717, 1.165) is 11.1 Å². The quantitative estimate of drug-likeness (QED) is 0.449. The third-order valence-electron chi connectivity index (χ3n) is 4.98. The van der Waals surface area contributed by atoms with Crippen LogP contribution < -0.4 is 15.2 Å². The van der Waals surface area contributed by atoms with Gasteiger partial charge >= 0.3 is 0 Å². The largest absolute Gasteiger partial charge is 0.352 e. The van der Waals surface area contributed by atoms with Gasteiger partial charge in [0, 0.05) is 17.8 Å². The Kier molecular flexibility index (Phi) is 7.21. The van der Waals surface area contributed by atoms with E-state index < -0.39 is 20.0 Å². The number of aryl methyl sites for hydroxylation is 2. The number of anilines is 1. The number of hydrogen-bond donors (Lipinski definition) is 3. The fourth-order valence-corrected chi connectivity index (χ4v) is 5.07. The Morgan fingerprint density at radius 3 is 2.12 bits per heavy atom. The lowest BCUT2D eigenvalue weighted by atomic mass is 10.1. The molecular formula is C23H25N3O5S2. The van der Waals surface area contributed by atoms with Crippen molar-refractivity contribution in [3.8, 4) is 0 Å². The first kappa shape index (κ1) is 24.4. The minimum absolute atomic E-state index is 0.0311. The molecule has 0 spiro atoms. The van der Waals surface area contributed by atoms with E-state index in [4.69, 9.17) is 5.14 Å². The Hall–Kier alpha value is -3.21. The van der Waals surface area contributed by atoms with Crippen molar-refractivity contribution in [3.63, 3.8) is 0 Å². The van der Waals surface area contributed by atoms with Crippen LogP contribution in [0.5, 0.6) is 0 Å². The second-order valence-corrected chi connectivity index (χ2v) is 10.9. The van der Waals surface area contributed by atoms with Gasteiger partial charge in [-0.3, -0.25) is 9.52 Å². The molecule has 0 aromatic heterocycles. The summed E-state index contributed by atoms with van der Waals surface area (Å²) < 4.78 is 50.5. The molecule has 8 nitrogen and oxygen atoms in total. The zero-order chi connectivity index (χ0) is 24.2. The number of nitrogens with two attached hydrogens (primary N) is 1. The van der Waals surface area contributed by atoms with Crippen LogP contribution in [0.1, 0.15) is 27.0 Å². The first-order valence-corrected chi connectivity index (χ1v) is 13.1. The average Bonchev–Trinajstić information content (AvgIpc) is 2.75. The smallest absolute Gasteiger partial charge is 0.262 e. The second kappa shape index (κ2) is 9.74. The van der Waals surface area contributed by atoms with Gasteiger partial charge in [-0.25, -0.2) is 22.0 Å². The average molecular weight is 488 g/mol. The first-order chi connectivity index (χ1) is 15.5. The minimum atomic E-state index is -3.75. The lowest BCUT2D eigenvalue weighted by molar-refractivity contribution is 0.0954. The Bertz CT molecular complexity index is 1370. The fraction of sp³-hybridized carbons (Fsp3) is 0.174. The molecule has 4 N–H and O–H groups in total. The lowest BCUT2D eigenvalue weighted by Gasteiger charge is -2.12. The highest BCUT2D eigenvalue weighted by molar-refractivity contribution is 7.92. The first-order valence-electron chi connectivity index (χ1n) is 10.1. The van der Waals surface area contributed by atoms with Crippen LogP contribution in [0.4, 0.5) is 5.69 Å². The molecule has 10 heteroatoms. The number of hydrogen-bond acceptors (Lipinski definition) is 5. The van der Waals surface area contributed by atoms with Gasteiger partial charge in [-0.05, 0) is 79.4 Å². The molecule has 0 fully saturated rings. The van der Waals surface area contributed by atoms with Gasteiger partial charge in [-0.15, -0.1) is 0 Å². The van der Waals surface area contributed by atoms with E-state index in [1.807, 2.05) is 13.0 Å². The molecule has 3 rings (SSSR count). The van der Waals surface area contributed by atoms with Gasteiger partial charge in [0.1, 0.15) is 0 Å². The monoisotopic (exact) mass is 487 g/mol. The Morgan fingerprint density at radius 1 is 0.879 bits per heavy atom. The van der Waals surface area contributed by atoms with Gasteiger partial charge in [-0.2, -0.15) is 0 Å². The molecule has 0 aliphatic carbocycles. The van der Waals surface area contributed by atoms with Crippen molar-refractivity contribution in [2.75, 3.05) is 11.3 Å². The molecule has 174 valence electrons. The third kappa shape index (κ3) is 6.41. The molecule has 0 radical (unpaired) electrons. The molecule has 0 saturated carbocycles. The SMILES string of the molecule is Cc1ccc(C)c(S(=O)(=O)Nc2ccc(C(=O)NCCc3ccc(S(N)(=O)=O)cc3)cc2)c1. The summed E-state index contributed by atoms with van der Waals surface area (Å²) in [5, 5.41) is 7.85. The normalized spacial score (nSPS) is 11.7. The van der Waals surface area contributed by atoms with E-state index in [2.05, 4.69) is 10.0 Å². The zero-order valence-corrected chi connectivity index (χ0v) is 19.8. The number of primary sulfonamides is 1. The molecule has 0 heterocycles. The molecule has 3 aromatic rings. The van der Waals surface area contributed by atoms with Crippen molar-refractivity contribution < 1.29 is 21.6 Å². The molecule has 33 heavy (non-hydrogen) atoms. The Balaban J connectivity index is 1.58. The van der Waals surface area contributed by atoms with Crippen LogP contribution in [0, 0.1) is 13.8 Å². The molecular weight excluding hydrogens is 462 g/mol. The molecule has 0 bridgehead atoms. The highest BCUT2D eigenvalue weighted by Crippen LogP contribution is 2.21. The minimum Gasteiger partial charge on any atom is -0.352 e. The van der Waals surface area contributed by atoms with Gasteiger partial charge in [-0.1, -0.05) is 24.3 Å². The van der Waals surface area contributed by atoms with Crippen LogP contribution in [0.15, 0.2) is 76.5 Å². The summed E-state index contributed by atoms with van der Waals surface area (Å²) in [4.78, 5) is 12.6. The molecule has 3 aromatic carbocycles. The van der Waals surface area contributed by atoms with Crippen LogP contribution in [-0.2, 0) is 26.5 Å². The number of rotatable bonds is 8. The van der Waals surface area contributed by atoms with Gasteiger partial charge in [0.05, 0.1) is 9.79 Å². The van der Waals surface area contributed by atoms with Crippen molar-refractivity contribution >= 4 is 31.6 Å². The lowest BCUT2D eigenvalue weighted by Crippen LogP contribution is -2.25. The summed E-state index contributed by atoms with van der Waals surface area (Å²) in [5.74, 6) is -0.305. The maximum Gasteiger partial charge on any atom is 0.262 e. The van der Waals surface area contributed by atoms with E-state index in [0.29, 0.717) is 29.8 Å². The van der Waals surface area contributed by atoms with E-state index in [9.17, 15) is 21.6 Å². The van der Waals surface area contributed by atoms with Crippen molar-refractivity contribution in [2.45, 2.75) is 30.1 Å². The van der Waals surface area contributed by atoms with Crippen LogP contribution in [0.2, 0.25) is 0 Å². The van der Waals surface area contributed by atoms with Crippen molar-refractivity contribution in [1.29, 1.82) is 0 Å². The van der Waals surface area contributed by atoms with Gasteiger partial charge in [0.2, 0.25) is 10.0 Å². The summed E-state index contributed by atoms with van der Waals surface area (Å²) >= 11 is 0. The molecule has 1 amide bonds. The molecule has 0 saturated heterocycles. The van der Waals surface area contributed by atoms with Gasteiger partial charge in [0.15, 0.2) is 0 Å². The molecule has 0 aliphatic rings. The fourth-order valence-electron chi connectivity index (χ4n) is 3.16. The van der Waals surface area contributed by atoms with Crippen molar-refractivity contribution in [1.82, 2.24) is 5.32 Å².